The van der Waals surface area contributed by atoms with Crippen molar-refractivity contribution < 1.29 is 42.8 Å². The highest BCUT2D eigenvalue weighted by atomic mass is 16.6. The zero-order valence-electron chi connectivity index (χ0n) is 49.8. The van der Waals surface area contributed by atoms with E-state index in [-0.39, 0.29) is 16.8 Å². The quantitative estimate of drug-likeness (QED) is 0.0298. The molecule has 0 aliphatic rings. The van der Waals surface area contributed by atoms with Crippen LogP contribution in [0.5, 0.6) is 34.5 Å². The molecule has 0 aliphatic carbocycles. The van der Waals surface area contributed by atoms with E-state index in [2.05, 4.69) is 65.8 Å². The van der Waals surface area contributed by atoms with Crippen molar-refractivity contribution in [3.8, 4) is 45.6 Å². The third-order valence-electron chi connectivity index (χ3n) is 16.1. The van der Waals surface area contributed by atoms with E-state index in [4.69, 9.17) is 28.4 Å². The zero-order chi connectivity index (χ0) is 57.7. The van der Waals surface area contributed by atoms with Gasteiger partial charge in [-0.3, -0.25) is 4.79 Å². The highest BCUT2D eigenvalue weighted by Gasteiger charge is 2.51. The number of hydrogen-bond donors (Lipinski definition) is 0. The molecule has 6 aromatic carbocycles. The Bertz CT molecular complexity index is 2890. The molecule has 6 aromatic rings. The number of carbonyl (C=O) groups is 3. The molecule has 0 saturated carbocycles. The summed E-state index contributed by atoms with van der Waals surface area (Å²) in [4.78, 5) is 40.8. The van der Waals surface area contributed by atoms with Crippen molar-refractivity contribution in [3.05, 3.63) is 168 Å². The largest absolute Gasteiger partial charge is 0.486 e. The molecule has 4 atom stereocenters. The highest BCUT2D eigenvalue weighted by Crippen LogP contribution is 2.43. The van der Waals surface area contributed by atoms with Crippen LogP contribution in [0.2, 0.25) is 0 Å². The maximum atomic E-state index is 14.1. The van der Waals surface area contributed by atoms with Crippen LogP contribution in [0.1, 0.15) is 177 Å². The lowest BCUT2D eigenvalue weighted by Gasteiger charge is -2.43. The second kappa shape index (κ2) is 26.4. The minimum Gasteiger partial charge on any atom is -0.486 e. The molecule has 79 heavy (non-hydrogen) atoms. The predicted molar refractivity (Wildman–Crippen MR) is 319 cm³/mol. The van der Waals surface area contributed by atoms with Crippen molar-refractivity contribution in [1.82, 2.24) is 0 Å². The van der Waals surface area contributed by atoms with Crippen molar-refractivity contribution in [2.75, 3.05) is 0 Å². The number of benzene rings is 6. The van der Waals surface area contributed by atoms with Gasteiger partial charge in [-0.2, -0.15) is 0 Å². The SMILES string of the molecule is CCC(C)(Oc1ccc(CCCCCCCc2ccc(OC(=O)C(C)(CC)C(C)(CC)Oc3ccc(-c4ccc(OC(=O)C(C)(CC)Oc5ccc(C(C)(C)C)cc5)cc4)cc3)cc2)cc1)C(=O)Oc1ccc(C(C)(C)C)cc1. The van der Waals surface area contributed by atoms with Gasteiger partial charge in [0, 0.05) is 0 Å². The maximum absolute atomic E-state index is 14.1. The van der Waals surface area contributed by atoms with Crippen LogP contribution in [0.3, 0.4) is 0 Å². The lowest BCUT2D eigenvalue weighted by atomic mass is 9.70. The summed E-state index contributed by atoms with van der Waals surface area (Å²) in [5.41, 5.74) is 2.67. The van der Waals surface area contributed by atoms with E-state index in [1.54, 1.807) is 26.0 Å². The Morgan fingerprint density at radius 2 is 0.633 bits per heavy atom. The van der Waals surface area contributed by atoms with E-state index >= 15 is 0 Å². The number of rotatable bonds is 26. The van der Waals surface area contributed by atoms with E-state index in [0.717, 1.165) is 56.1 Å². The number of unbranched alkanes of at least 4 members (excludes halogenated alkanes) is 4. The lowest BCUT2D eigenvalue weighted by Crippen LogP contribution is -2.54. The van der Waals surface area contributed by atoms with Gasteiger partial charge in [0.2, 0.25) is 11.2 Å². The first-order valence-corrected chi connectivity index (χ1v) is 28.7. The Morgan fingerprint density at radius 1 is 0.329 bits per heavy atom. The summed E-state index contributed by atoms with van der Waals surface area (Å²) in [5, 5.41) is 0. The van der Waals surface area contributed by atoms with Crippen LogP contribution in [0.15, 0.2) is 146 Å². The van der Waals surface area contributed by atoms with Gasteiger partial charge in [-0.15, -0.1) is 0 Å². The zero-order valence-corrected chi connectivity index (χ0v) is 49.8. The molecule has 0 bridgehead atoms. The minimum atomic E-state index is -1.16. The smallest absolute Gasteiger partial charge is 0.355 e. The summed E-state index contributed by atoms with van der Waals surface area (Å²) >= 11 is 0. The molecule has 9 heteroatoms. The van der Waals surface area contributed by atoms with E-state index < -0.39 is 34.2 Å². The Hall–Kier alpha value is -6.87. The van der Waals surface area contributed by atoms with Gasteiger partial charge in [0.05, 0.1) is 0 Å². The molecule has 0 spiro atoms. The fraction of sp³-hybridized carbons (Fsp3) is 0.443. The minimum absolute atomic E-state index is 0.0135. The molecule has 4 unspecified atom stereocenters. The first-order valence-electron chi connectivity index (χ1n) is 28.7. The molecular formula is C70H88O9. The summed E-state index contributed by atoms with van der Waals surface area (Å²) in [7, 11) is 0. The molecule has 6 rings (SSSR count). The van der Waals surface area contributed by atoms with Crippen molar-refractivity contribution in [2.45, 2.75) is 195 Å². The first kappa shape index (κ1) is 61.3. The number of aryl methyl sites for hydroxylation is 2. The van der Waals surface area contributed by atoms with Crippen molar-refractivity contribution >= 4 is 17.9 Å². The van der Waals surface area contributed by atoms with Crippen LogP contribution in [-0.2, 0) is 38.1 Å². The second-order valence-corrected chi connectivity index (χ2v) is 24.1. The Balaban J connectivity index is 0.915. The molecule has 0 saturated heterocycles. The predicted octanol–water partition coefficient (Wildman–Crippen LogP) is 17.6. The topological polar surface area (TPSA) is 107 Å². The van der Waals surface area contributed by atoms with Gasteiger partial charge in [-0.1, -0.05) is 161 Å². The molecule has 0 aromatic heterocycles. The van der Waals surface area contributed by atoms with E-state index in [0.29, 0.717) is 60.2 Å². The van der Waals surface area contributed by atoms with Crippen LogP contribution in [0.25, 0.3) is 11.1 Å². The molecule has 422 valence electrons. The van der Waals surface area contributed by atoms with Gasteiger partial charge in [0.15, 0.2) is 0 Å². The first-order chi connectivity index (χ1) is 37.4. The fourth-order valence-corrected chi connectivity index (χ4v) is 9.37. The van der Waals surface area contributed by atoms with Crippen LogP contribution in [0.4, 0.5) is 0 Å². The Kier molecular flexibility index (Phi) is 20.5. The average molecular weight is 1070 g/mol. The molecule has 9 nitrogen and oxygen atoms in total. The summed E-state index contributed by atoms with van der Waals surface area (Å²) in [6.45, 7) is 28.3. The number of hydrogen-bond acceptors (Lipinski definition) is 9. The summed E-state index contributed by atoms with van der Waals surface area (Å²) in [6, 6.07) is 46.8. The van der Waals surface area contributed by atoms with Crippen molar-refractivity contribution in [1.29, 1.82) is 0 Å². The molecule has 0 amide bonds. The van der Waals surface area contributed by atoms with E-state index in [1.807, 2.05) is 151 Å². The molecule has 0 heterocycles. The van der Waals surface area contributed by atoms with Gasteiger partial charge < -0.3 is 28.4 Å². The third-order valence-corrected chi connectivity index (χ3v) is 16.1. The standard InChI is InChI=1S/C70H88O9/c1-15-67(11,70(14,18-4)79-61-44-32-53(33-45-61)52-30-42-57(43-31-52)75-63(72)69(13,17-3)78-60-48-36-55(37-49-60)66(8,9)10)62(71)74-56-38-26-50(27-39-56)24-22-20-19-21-23-25-51-28-40-59(41-29-51)77-68(12,16-2)64(73)76-58-46-34-54(35-47-58)65(5,6)7/h26-49H,15-25H2,1-14H3. The normalized spacial score (nSPS) is 14.8. The van der Waals surface area contributed by atoms with Gasteiger partial charge >= 0.3 is 17.9 Å². The van der Waals surface area contributed by atoms with Crippen molar-refractivity contribution in [2.24, 2.45) is 5.41 Å². The molecule has 0 fully saturated rings. The average Bonchev–Trinajstić information content (AvgIpc) is 3.49. The van der Waals surface area contributed by atoms with Crippen LogP contribution in [0, 0.1) is 5.41 Å². The van der Waals surface area contributed by atoms with Gasteiger partial charge in [0.25, 0.3) is 0 Å². The van der Waals surface area contributed by atoms with Crippen molar-refractivity contribution in [3.63, 3.8) is 0 Å². The van der Waals surface area contributed by atoms with Crippen LogP contribution in [-0.4, -0.2) is 34.7 Å². The summed E-state index contributed by atoms with van der Waals surface area (Å²) < 4.78 is 36.8. The van der Waals surface area contributed by atoms with E-state index in [9.17, 15) is 14.4 Å². The second-order valence-electron chi connectivity index (χ2n) is 24.1. The summed E-state index contributed by atoms with van der Waals surface area (Å²) in [6.07, 6.45) is 9.57. The highest BCUT2D eigenvalue weighted by molar-refractivity contribution is 5.83. The number of esters is 3. The Morgan fingerprint density at radius 3 is 0.987 bits per heavy atom. The lowest BCUT2D eigenvalue weighted by molar-refractivity contribution is -0.160. The number of ether oxygens (including phenoxy) is 6. The maximum Gasteiger partial charge on any atom is 0.355 e. The van der Waals surface area contributed by atoms with E-state index in [1.165, 1.54) is 22.3 Å². The molecule has 0 radical (unpaired) electrons. The number of carbonyl (C=O) groups excluding carboxylic acids is 3. The Labute approximate surface area is 472 Å². The molecule has 0 N–H and O–H groups in total. The third kappa shape index (κ3) is 16.1. The summed E-state index contributed by atoms with van der Waals surface area (Å²) in [5.74, 6) is 2.17. The monoisotopic (exact) mass is 1070 g/mol. The molecular weight excluding hydrogens is 985 g/mol. The van der Waals surface area contributed by atoms with Gasteiger partial charge in [-0.25, -0.2) is 9.59 Å². The molecule has 0 aliphatic heterocycles. The van der Waals surface area contributed by atoms with Crippen LogP contribution < -0.4 is 28.4 Å². The van der Waals surface area contributed by atoms with Gasteiger partial charge in [-0.05, 0) is 196 Å². The van der Waals surface area contributed by atoms with Crippen LogP contribution >= 0.6 is 0 Å². The fourth-order valence-electron chi connectivity index (χ4n) is 9.37. The van der Waals surface area contributed by atoms with Gasteiger partial charge in [0.1, 0.15) is 45.5 Å².